The van der Waals surface area contributed by atoms with Gasteiger partial charge in [0, 0.05) is 19.3 Å². The summed E-state index contributed by atoms with van der Waals surface area (Å²) in [5.41, 5.74) is 0.780. The largest absolute Gasteiger partial charge is 0.274 e. The minimum Gasteiger partial charge on any atom is -0.274 e. The Morgan fingerprint density at radius 2 is 1.69 bits per heavy atom. The first kappa shape index (κ1) is 10.8. The standard InChI is InChI=1S/C12H12FNO2/c13-10(8-9-4-2-1-3-5-9)14-11(15)6-7-12(14)16/h1-5,10H,6-8H2/t10-/m1/s1. The lowest BCUT2D eigenvalue weighted by Crippen LogP contribution is -2.37. The van der Waals surface area contributed by atoms with Gasteiger partial charge in [-0.3, -0.25) is 14.5 Å². The Morgan fingerprint density at radius 1 is 1.12 bits per heavy atom. The topological polar surface area (TPSA) is 37.4 Å². The number of hydrogen-bond acceptors (Lipinski definition) is 2. The number of alkyl halides is 1. The molecule has 0 bridgehead atoms. The van der Waals surface area contributed by atoms with Gasteiger partial charge < -0.3 is 0 Å². The maximum absolute atomic E-state index is 13.8. The predicted octanol–water partition coefficient (Wildman–Crippen LogP) is 1.67. The van der Waals surface area contributed by atoms with E-state index in [9.17, 15) is 14.0 Å². The highest BCUT2D eigenvalue weighted by atomic mass is 19.1. The Balaban J connectivity index is 2.06. The number of likely N-dealkylation sites (tertiary alicyclic amines) is 1. The van der Waals surface area contributed by atoms with Gasteiger partial charge in [-0.2, -0.15) is 0 Å². The first-order valence-corrected chi connectivity index (χ1v) is 5.21. The summed E-state index contributed by atoms with van der Waals surface area (Å²) in [6.45, 7) is 0. The van der Waals surface area contributed by atoms with Gasteiger partial charge in [0.25, 0.3) is 0 Å². The van der Waals surface area contributed by atoms with E-state index in [1.807, 2.05) is 6.07 Å². The van der Waals surface area contributed by atoms with Gasteiger partial charge in [0.2, 0.25) is 11.8 Å². The highest BCUT2D eigenvalue weighted by Gasteiger charge is 2.34. The maximum Gasteiger partial charge on any atom is 0.232 e. The van der Waals surface area contributed by atoms with Crippen molar-refractivity contribution >= 4 is 11.8 Å². The highest BCUT2D eigenvalue weighted by Crippen LogP contribution is 2.19. The first-order chi connectivity index (χ1) is 7.68. The molecule has 1 aliphatic rings. The van der Waals surface area contributed by atoms with Crippen molar-refractivity contribution in [2.75, 3.05) is 0 Å². The molecule has 2 amide bonds. The molecule has 16 heavy (non-hydrogen) atoms. The average molecular weight is 221 g/mol. The van der Waals surface area contributed by atoms with E-state index in [1.165, 1.54) is 0 Å². The molecule has 1 aliphatic heterocycles. The fraction of sp³-hybridized carbons (Fsp3) is 0.333. The lowest BCUT2D eigenvalue weighted by Gasteiger charge is -2.18. The number of carbonyl (C=O) groups excluding carboxylic acids is 2. The van der Waals surface area contributed by atoms with Crippen LogP contribution < -0.4 is 0 Å². The van der Waals surface area contributed by atoms with Gasteiger partial charge in [-0.05, 0) is 5.56 Å². The third kappa shape index (κ3) is 2.10. The lowest BCUT2D eigenvalue weighted by atomic mass is 10.1. The van der Waals surface area contributed by atoms with Crippen LogP contribution in [0.5, 0.6) is 0 Å². The molecule has 1 heterocycles. The van der Waals surface area contributed by atoms with Crippen LogP contribution in [0.3, 0.4) is 0 Å². The van der Waals surface area contributed by atoms with E-state index in [2.05, 4.69) is 0 Å². The second-order valence-corrected chi connectivity index (χ2v) is 3.78. The van der Waals surface area contributed by atoms with Gasteiger partial charge in [-0.25, -0.2) is 4.39 Å². The van der Waals surface area contributed by atoms with Gasteiger partial charge in [0.1, 0.15) is 0 Å². The number of amides is 2. The monoisotopic (exact) mass is 221 g/mol. The van der Waals surface area contributed by atoms with Gasteiger partial charge in [-0.1, -0.05) is 30.3 Å². The molecule has 3 nitrogen and oxygen atoms in total. The summed E-state index contributed by atoms with van der Waals surface area (Å²) in [6, 6.07) is 8.99. The van der Waals surface area contributed by atoms with Crippen molar-refractivity contribution in [1.82, 2.24) is 4.90 Å². The SMILES string of the molecule is O=C1CCC(=O)N1[C@@H](F)Cc1ccccc1. The lowest BCUT2D eigenvalue weighted by molar-refractivity contribution is -0.144. The van der Waals surface area contributed by atoms with E-state index in [1.54, 1.807) is 24.3 Å². The minimum absolute atomic E-state index is 0.0678. The van der Waals surface area contributed by atoms with Crippen molar-refractivity contribution in [3.05, 3.63) is 35.9 Å². The zero-order chi connectivity index (χ0) is 11.5. The van der Waals surface area contributed by atoms with Crippen molar-refractivity contribution in [2.45, 2.75) is 25.6 Å². The molecular formula is C12H12FNO2. The highest BCUT2D eigenvalue weighted by molar-refractivity contribution is 6.02. The van der Waals surface area contributed by atoms with Gasteiger partial charge in [-0.15, -0.1) is 0 Å². The van der Waals surface area contributed by atoms with E-state index in [-0.39, 0.29) is 19.3 Å². The maximum atomic E-state index is 13.8. The second kappa shape index (κ2) is 4.43. The fourth-order valence-corrected chi connectivity index (χ4v) is 1.81. The van der Waals surface area contributed by atoms with Crippen LogP contribution in [-0.4, -0.2) is 23.0 Å². The Morgan fingerprint density at radius 3 is 2.25 bits per heavy atom. The van der Waals surface area contributed by atoms with E-state index in [0.717, 1.165) is 10.5 Å². The van der Waals surface area contributed by atoms with E-state index in [0.29, 0.717) is 0 Å². The van der Waals surface area contributed by atoms with Crippen molar-refractivity contribution in [3.63, 3.8) is 0 Å². The smallest absolute Gasteiger partial charge is 0.232 e. The molecule has 1 atom stereocenters. The fourth-order valence-electron chi connectivity index (χ4n) is 1.81. The summed E-state index contributed by atoms with van der Waals surface area (Å²) < 4.78 is 13.8. The number of rotatable bonds is 3. The molecule has 0 radical (unpaired) electrons. The van der Waals surface area contributed by atoms with Crippen LogP contribution in [0.1, 0.15) is 18.4 Å². The van der Waals surface area contributed by atoms with Crippen LogP contribution in [0.15, 0.2) is 30.3 Å². The van der Waals surface area contributed by atoms with Crippen LogP contribution in [0.4, 0.5) is 4.39 Å². The van der Waals surface area contributed by atoms with Gasteiger partial charge in [0.05, 0.1) is 0 Å². The molecule has 4 heteroatoms. The third-order valence-corrected chi connectivity index (χ3v) is 2.62. The molecule has 0 aliphatic carbocycles. The molecule has 0 unspecified atom stereocenters. The van der Waals surface area contributed by atoms with Crippen molar-refractivity contribution < 1.29 is 14.0 Å². The average Bonchev–Trinajstić information content (AvgIpc) is 2.60. The predicted molar refractivity (Wildman–Crippen MR) is 56.1 cm³/mol. The van der Waals surface area contributed by atoms with E-state index >= 15 is 0 Å². The van der Waals surface area contributed by atoms with Crippen LogP contribution >= 0.6 is 0 Å². The molecule has 2 rings (SSSR count). The Hall–Kier alpha value is -1.71. The summed E-state index contributed by atoms with van der Waals surface area (Å²) in [7, 11) is 0. The van der Waals surface area contributed by atoms with Crippen molar-refractivity contribution in [1.29, 1.82) is 0 Å². The number of nitrogens with zero attached hydrogens (tertiary/aromatic N) is 1. The Bertz CT molecular complexity index is 389. The molecule has 1 fully saturated rings. The Labute approximate surface area is 92.9 Å². The third-order valence-electron chi connectivity index (χ3n) is 2.62. The van der Waals surface area contributed by atoms with E-state index in [4.69, 9.17) is 0 Å². The second-order valence-electron chi connectivity index (χ2n) is 3.78. The molecule has 84 valence electrons. The number of benzene rings is 1. The summed E-state index contributed by atoms with van der Waals surface area (Å²) in [5, 5.41) is 0. The quantitative estimate of drug-likeness (QED) is 0.575. The molecule has 0 N–H and O–H groups in total. The van der Waals surface area contributed by atoms with Gasteiger partial charge >= 0.3 is 0 Å². The number of imide groups is 1. The number of halogens is 1. The summed E-state index contributed by atoms with van der Waals surface area (Å²) in [6.07, 6.45) is -1.20. The van der Waals surface area contributed by atoms with Gasteiger partial charge in [0.15, 0.2) is 6.30 Å². The molecule has 1 aromatic rings. The van der Waals surface area contributed by atoms with Crippen LogP contribution in [0.2, 0.25) is 0 Å². The zero-order valence-corrected chi connectivity index (χ0v) is 8.73. The van der Waals surface area contributed by atoms with Crippen LogP contribution in [0.25, 0.3) is 0 Å². The molecule has 0 spiro atoms. The molecule has 0 saturated carbocycles. The first-order valence-electron chi connectivity index (χ1n) is 5.21. The number of carbonyl (C=O) groups is 2. The molecule has 1 saturated heterocycles. The van der Waals surface area contributed by atoms with Crippen LogP contribution in [-0.2, 0) is 16.0 Å². The molecule has 1 aromatic carbocycles. The summed E-state index contributed by atoms with van der Waals surface area (Å²) >= 11 is 0. The molecular weight excluding hydrogens is 209 g/mol. The summed E-state index contributed by atoms with van der Waals surface area (Å²) in [4.78, 5) is 23.3. The van der Waals surface area contributed by atoms with Crippen molar-refractivity contribution in [2.24, 2.45) is 0 Å². The molecule has 0 aromatic heterocycles. The van der Waals surface area contributed by atoms with Crippen LogP contribution in [0, 0.1) is 0 Å². The zero-order valence-electron chi connectivity index (χ0n) is 8.73. The minimum atomic E-state index is -1.54. The summed E-state index contributed by atoms with van der Waals surface area (Å²) in [5.74, 6) is -0.818. The Kier molecular flexibility index (Phi) is 2.99. The number of hydrogen-bond donors (Lipinski definition) is 0. The normalized spacial score (nSPS) is 17.9. The van der Waals surface area contributed by atoms with E-state index < -0.39 is 18.1 Å². The van der Waals surface area contributed by atoms with Crippen molar-refractivity contribution in [3.8, 4) is 0 Å².